The molecule has 0 saturated carbocycles. The summed E-state index contributed by atoms with van der Waals surface area (Å²) in [6.45, 7) is 3.07. The van der Waals surface area contributed by atoms with E-state index in [4.69, 9.17) is 14.2 Å². The summed E-state index contributed by atoms with van der Waals surface area (Å²) in [5.41, 5.74) is 2.39. The van der Waals surface area contributed by atoms with Gasteiger partial charge in [0.2, 0.25) is 0 Å². The highest BCUT2D eigenvalue weighted by Gasteiger charge is 2.22. The fourth-order valence-corrected chi connectivity index (χ4v) is 4.28. The SMILES string of the molecule is COc1cc(OC)cc(C(=O)Nc2ccc(N3CCCC3)c(C(=O)NCC3CCCO3)c2)c1. The minimum Gasteiger partial charge on any atom is -0.497 e. The van der Waals surface area contributed by atoms with Crippen LogP contribution in [0.4, 0.5) is 11.4 Å². The lowest BCUT2D eigenvalue weighted by Crippen LogP contribution is -2.33. The first-order chi connectivity index (χ1) is 16.1. The molecule has 1 atom stereocenters. The normalized spacial score (nSPS) is 17.6. The van der Waals surface area contributed by atoms with Gasteiger partial charge in [0.15, 0.2) is 0 Å². The van der Waals surface area contributed by atoms with Crippen LogP contribution < -0.4 is 25.0 Å². The summed E-state index contributed by atoms with van der Waals surface area (Å²) in [5.74, 6) is 0.578. The Labute approximate surface area is 194 Å². The number of amides is 2. The van der Waals surface area contributed by atoms with Crippen molar-refractivity contribution < 1.29 is 23.8 Å². The summed E-state index contributed by atoms with van der Waals surface area (Å²) in [5, 5.41) is 5.91. The highest BCUT2D eigenvalue weighted by atomic mass is 16.5. The smallest absolute Gasteiger partial charge is 0.255 e. The van der Waals surface area contributed by atoms with E-state index in [0.29, 0.717) is 34.9 Å². The molecule has 0 aromatic heterocycles. The Morgan fingerprint density at radius 3 is 2.36 bits per heavy atom. The number of hydrogen-bond acceptors (Lipinski definition) is 6. The van der Waals surface area contributed by atoms with Gasteiger partial charge in [0, 0.05) is 49.2 Å². The number of nitrogens with one attached hydrogen (secondary N) is 2. The minimum atomic E-state index is -0.313. The molecule has 2 heterocycles. The fourth-order valence-electron chi connectivity index (χ4n) is 4.28. The number of benzene rings is 2. The Morgan fingerprint density at radius 1 is 1.00 bits per heavy atom. The monoisotopic (exact) mass is 453 g/mol. The average Bonchev–Trinajstić information content (AvgIpc) is 3.56. The molecule has 2 aliphatic heterocycles. The van der Waals surface area contributed by atoms with Gasteiger partial charge >= 0.3 is 0 Å². The number of rotatable bonds is 8. The van der Waals surface area contributed by atoms with E-state index in [1.807, 2.05) is 12.1 Å². The van der Waals surface area contributed by atoms with Gasteiger partial charge < -0.3 is 29.7 Å². The molecule has 0 spiro atoms. The molecule has 0 bridgehead atoms. The molecule has 4 rings (SSSR count). The second kappa shape index (κ2) is 10.6. The molecule has 2 aliphatic rings. The zero-order valence-electron chi connectivity index (χ0n) is 19.2. The van der Waals surface area contributed by atoms with Crippen molar-refractivity contribution in [3.63, 3.8) is 0 Å². The zero-order chi connectivity index (χ0) is 23.2. The molecule has 1 unspecified atom stereocenters. The van der Waals surface area contributed by atoms with Gasteiger partial charge in [-0.15, -0.1) is 0 Å². The first-order valence-corrected chi connectivity index (χ1v) is 11.4. The summed E-state index contributed by atoms with van der Waals surface area (Å²) in [6.07, 6.45) is 4.26. The molecule has 2 amide bonds. The van der Waals surface area contributed by atoms with Crippen LogP contribution >= 0.6 is 0 Å². The Morgan fingerprint density at radius 2 is 1.73 bits per heavy atom. The maximum absolute atomic E-state index is 13.1. The fraction of sp³-hybridized carbons (Fsp3) is 0.440. The maximum Gasteiger partial charge on any atom is 0.255 e. The quantitative estimate of drug-likeness (QED) is 0.636. The van der Waals surface area contributed by atoms with E-state index < -0.39 is 0 Å². The van der Waals surface area contributed by atoms with Crippen LogP contribution in [0.2, 0.25) is 0 Å². The van der Waals surface area contributed by atoms with Crippen molar-refractivity contribution in [1.82, 2.24) is 5.32 Å². The highest BCUT2D eigenvalue weighted by molar-refractivity contribution is 6.06. The van der Waals surface area contributed by atoms with Crippen molar-refractivity contribution in [2.24, 2.45) is 0 Å². The van der Waals surface area contributed by atoms with Crippen LogP contribution in [0.1, 0.15) is 46.4 Å². The van der Waals surface area contributed by atoms with E-state index in [1.165, 1.54) is 14.2 Å². The molecule has 8 nitrogen and oxygen atoms in total. The third-order valence-electron chi connectivity index (χ3n) is 6.07. The Balaban J connectivity index is 1.55. The van der Waals surface area contributed by atoms with Gasteiger partial charge in [0.05, 0.1) is 25.9 Å². The van der Waals surface area contributed by atoms with E-state index in [-0.39, 0.29) is 17.9 Å². The number of carbonyl (C=O) groups excluding carboxylic acids is 2. The van der Waals surface area contributed by atoms with Gasteiger partial charge in [0.25, 0.3) is 11.8 Å². The van der Waals surface area contributed by atoms with Crippen LogP contribution in [-0.4, -0.2) is 58.4 Å². The van der Waals surface area contributed by atoms with E-state index in [2.05, 4.69) is 15.5 Å². The summed E-state index contributed by atoms with van der Waals surface area (Å²) in [6, 6.07) is 10.5. The lowest BCUT2D eigenvalue weighted by atomic mass is 10.1. The number of methoxy groups -OCH3 is 2. The maximum atomic E-state index is 13.1. The van der Waals surface area contributed by atoms with Gasteiger partial charge in [-0.2, -0.15) is 0 Å². The summed E-state index contributed by atoms with van der Waals surface area (Å²) in [4.78, 5) is 28.3. The Kier molecular flexibility index (Phi) is 7.34. The molecular weight excluding hydrogens is 422 g/mol. The second-order valence-corrected chi connectivity index (χ2v) is 8.33. The van der Waals surface area contributed by atoms with Gasteiger partial charge in [-0.05, 0) is 56.0 Å². The Bertz CT molecular complexity index is 975. The number of ether oxygens (including phenoxy) is 3. The third-order valence-corrected chi connectivity index (χ3v) is 6.07. The van der Waals surface area contributed by atoms with E-state index in [9.17, 15) is 9.59 Å². The number of anilines is 2. The third kappa shape index (κ3) is 5.57. The topological polar surface area (TPSA) is 89.1 Å². The second-order valence-electron chi connectivity index (χ2n) is 8.33. The molecule has 2 saturated heterocycles. The summed E-state index contributed by atoms with van der Waals surface area (Å²) < 4.78 is 16.2. The lowest BCUT2D eigenvalue weighted by molar-refractivity contribution is 0.0858. The molecule has 33 heavy (non-hydrogen) atoms. The van der Waals surface area contributed by atoms with Crippen LogP contribution in [0.25, 0.3) is 0 Å². The molecule has 2 N–H and O–H groups in total. The molecule has 0 aliphatic carbocycles. The van der Waals surface area contributed by atoms with Gasteiger partial charge in [-0.1, -0.05) is 0 Å². The van der Waals surface area contributed by atoms with Crippen molar-refractivity contribution in [3.05, 3.63) is 47.5 Å². The number of carbonyl (C=O) groups is 2. The van der Waals surface area contributed by atoms with Crippen molar-refractivity contribution in [1.29, 1.82) is 0 Å². The highest BCUT2D eigenvalue weighted by Crippen LogP contribution is 2.29. The van der Waals surface area contributed by atoms with Gasteiger partial charge in [0.1, 0.15) is 11.5 Å². The van der Waals surface area contributed by atoms with E-state index in [0.717, 1.165) is 51.1 Å². The number of hydrogen-bond donors (Lipinski definition) is 2. The molecular formula is C25H31N3O5. The molecule has 0 radical (unpaired) electrons. The molecule has 2 aromatic carbocycles. The predicted octanol–water partition coefficient (Wildman–Crippen LogP) is 3.47. The van der Waals surface area contributed by atoms with Crippen LogP contribution in [0, 0.1) is 0 Å². The van der Waals surface area contributed by atoms with Crippen LogP contribution in [0.15, 0.2) is 36.4 Å². The first-order valence-electron chi connectivity index (χ1n) is 11.4. The molecule has 176 valence electrons. The summed E-state index contributed by atoms with van der Waals surface area (Å²) >= 11 is 0. The predicted molar refractivity (Wildman–Crippen MR) is 127 cm³/mol. The van der Waals surface area contributed by atoms with Crippen LogP contribution in [0.3, 0.4) is 0 Å². The van der Waals surface area contributed by atoms with Gasteiger partial charge in [-0.25, -0.2) is 0 Å². The van der Waals surface area contributed by atoms with Crippen molar-refractivity contribution >= 4 is 23.2 Å². The van der Waals surface area contributed by atoms with Crippen molar-refractivity contribution in [3.8, 4) is 11.5 Å². The van der Waals surface area contributed by atoms with Crippen LogP contribution in [-0.2, 0) is 4.74 Å². The Hall–Kier alpha value is -3.26. The van der Waals surface area contributed by atoms with Gasteiger partial charge in [-0.3, -0.25) is 9.59 Å². The molecule has 2 fully saturated rings. The first kappa shape index (κ1) is 22.9. The van der Waals surface area contributed by atoms with Crippen LogP contribution in [0.5, 0.6) is 11.5 Å². The standard InChI is InChI=1S/C25H31N3O5/c1-31-20-12-17(13-21(15-20)32-2)24(29)27-18-7-8-23(28-9-3-4-10-28)22(14-18)25(30)26-16-19-6-5-11-33-19/h7-8,12-15,19H,3-6,9-11,16H2,1-2H3,(H,26,30)(H,27,29). The number of nitrogens with zero attached hydrogens (tertiary/aromatic N) is 1. The van der Waals surface area contributed by atoms with E-state index in [1.54, 1.807) is 24.3 Å². The van der Waals surface area contributed by atoms with Crippen molar-refractivity contribution in [2.45, 2.75) is 31.8 Å². The van der Waals surface area contributed by atoms with Crippen molar-refractivity contribution in [2.75, 3.05) is 50.7 Å². The lowest BCUT2D eigenvalue weighted by Gasteiger charge is -2.22. The molecule has 2 aromatic rings. The largest absolute Gasteiger partial charge is 0.497 e. The molecule has 8 heteroatoms. The zero-order valence-corrected chi connectivity index (χ0v) is 19.2. The minimum absolute atomic E-state index is 0.0649. The average molecular weight is 454 g/mol. The van der Waals surface area contributed by atoms with E-state index >= 15 is 0 Å². The summed E-state index contributed by atoms with van der Waals surface area (Å²) in [7, 11) is 3.07.